The Morgan fingerprint density at radius 3 is 2.58 bits per heavy atom. The van der Waals surface area contributed by atoms with Crippen LogP contribution in [-0.2, 0) is 18.9 Å². The van der Waals surface area contributed by atoms with Crippen LogP contribution in [-0.4, -0.2) is 26.9 Å². The maximum Gasteiger partial charge on any atom is 0.192 e. The average molecular weight is 535 g/mol. The predicted octanol–water partition coefficient (Wildman–Crippen LogP) is 6.98. The molecule has 0 aliphatic carbocycles. The number of nitrogens with zero attached hydrogens (tertiary/aromatic N) is 4. The standard InChI is InChI=1S/C27H23ClN4O2S2/c1-33-24-9-5-8-20(14-24)26-29-22(17-35-26)18-36-27-31-30-25(16-34-23-12-10-21(28)11-13-23)32(27)15-19-6-3-2-4-7-19/h2-14,17H,15-16,18H2,1H3. The zero-order valence-corrected chi connectivity index (χ0v) is 21.9. The molecule has 0 unspecified atom stereocenters. The first-order valence-electron chi connectivity index (χ1n) is 11.2. The van der Waals surface area contributed by atoms with Crippen molar-refractivity contribution in [2.24, 2.45) is 0 Å². The van der Waals surface area contributed by atoms with Gasteiger partial charge < -0.3 is 9.47 Å². The molecule has 2 heterocycles. The highest BCUT2D eigenvalue weighted by atomic mass is 35.5. The van der Waals surface area contributed by atoms with E-state index in [0.29, 0.717) is 23.9 Å². The fourth-order valence-electron chi connectivity index (χ4n) is 3.54. The van der Waals surface area contributed by atoms with Crippen molar-refractivity contribution in [3.8, 4) is 22.1 Å². The van der Waals surface area contributed by atoms with Crippen molar-refractivity contribution < 1.29 is 9.47 Å². The van der Waals surface area contributed by atoms with E-state index in [1.807, 2.05) is 54.6 Å². The fraction of sp³-hybridized carbons (Fsp3) is 0.148. The highest BCUT2D eigenvalue weighted by molar-refractivity contribution is 7.98. The van der Waals surface area contributed by atoms with Gasteiger partial charge in [-0.3, -0.25) is 4.57 Å². The summed E-state index contributed by atoms with van der Waals surface area (Å²) in [5.41, 5.74) is 3.21. The van der Waals surface area contributed by atoms with Gasteiger partial charge in [0.25, 0.3) is 0 Å². The van der Waals surface area contributed by atoms with Gasteiger partial charge in [-0.2, -0.15) is 0 Å². The Balaban J connectivity index is 1.32. The van der Waals surface area contributed by atoms with E-state index in [2.05, 4.69) is 32.3 Å². The monoisotopic (exact) mass is 534 g/mol. The summed E-state index contributed by atoms with van der Waals surface area (Å²) in [7, 11) is 1.67. The number of hydrogen-bond acceptors (Lipinski definition) is 7. The van der Waals surface area contributed by atoms with Crippen LogP contribution in [0, 0.1) is 0 Å². The molecule has 0 amide bonds. The number of methoxy groups -OCH3 is 1. The molecule has 0 N–H and O–H groups in total. The van der Waals surface area contributed by atoms with Gasteiger partial charge in [0.05, 0.1) is 19.3 Å². The molecule has 36 heavy (non-hydrogen) atoms. The minimum atomic E-state index is 0.304. The molecule has 0 bridgehead atoms. The Hall–Kier alpha value is -3.33. The first-order valence-corrected chi connectivity index (χ1v) is 13.5. The van der Waals surface area contributed by atoms with E-state index in [1.54, 1.807) is 42.3 Å². The summed E-state index contributed by atoms with van der Waals surface area (Å²) in [5, 5.41) is 13.5. The molecule has 0 radical (unpaired) electrons. The molecular weight excluding hydrogens is 512 g/mol. The average Bonchev–Trinajstić information content (AvgIpc) is 3.55. The summed E-state index contributed by atoms with van der Waals surface area (Å²) in [4.78, 5) is 4.82. The normalized spacial score (nSPS) is 10.9. The van der Waals surface area contributed by atoms with Gasteiger partial charge in [-0.1, -0.05) is 65.8 Å². The maximum atomic E-state index is 5.99. The predicted molar refractivity (Wildman–Crippen MR) is 145 cm³/mol. The third-order valence-corrected chi connectivity index (χ3v) is 7.57. The number of thiazole rings is 1. The second kappa shape index (κ2) is 11.6. The smallest absolute Gasteiger partial charge is 0.192 e. The molecule has 0 aliphatic heterocycles. The highest BCUT2D eigenvalue weighted by Gasteiger charge is 2.15. The Morgan fingerprint density at radius 1 is 0.944 bits per heavy atom. The number of thioether (sulfide) groups is 1. The van der Waals surface area contributed by atoms with Crippen LogP contribution in [0.5, 0.6) is 11.5 Å². The Bertz CT molecular complexity index is 1420. The van der Waals surface area contributed by atoms with E-state index in [1.165, 1.54) is 5.56 Å². The van der Waals surface area contributed by atoms with Crippen LogP contribution < -0.4 is 9.47 Å². The molecule has 182 valence electrons. The number of aromatic nitrogens is 4. The van der Waals surface area contributed by atoms with Gasteiger partial charge in [0.15, 0.2) is 11.0 Å². The molecule has 0 saturated carbocycles. The molecule has 3 aromatic carbocycles. The lowest BCUT2D eigenvalue weighted by Crippen LogP contribution is -2.09. The van der Waals surface area contributed by atoms with Gasteiger partial charge in [0.1, 0.15) is 23.1 Å². The van der Waals surface area contributed by atoms with Crippen LogP contribution in [0.4, 0.5) is 0 Å². The van der Waals surface area contributed by atoms with E-state index >= 15 is 0 Å². The zero-order chi connectivity index (χ0) is 24.7. The first-order chi connectivity index (χ1) is 17.7. The van der Waals surface area contributed by atoms with Gasteiger partial charge >= 0.3 is 0 Å². The summed E-state index contributed by atoms with van der Waals surface area (Å²) < 4.78 is 13.4. The first kappa shape index (κ1) is 24.4. The SMILES string of the molecule is COc1cccc(-c2nc(CSc3nnc(COc4ccc(Cl)cc4)n3Cc3ccccc3)cs2)c1. The lowest BCUT2D eigenvalue weighted by molar-refractivity contribution is 0.289. The third kappa shape index (κ3) is 6.07. The van der Waals surface area contributed by atoms with Crippen molar-refractivity contribution >= 4 is 34.7 Å². The van der Waals surface area contributed by atoms with E-state index in [9.17, 15) is 0 Å². The largest absolute Gasteiger partial charge is 0.497 e. The topological polar surface area (TPSA) is 62.1 Å². The molecule has 0 spiro atoms. The van der Waals surface area contributed by atoms with Crippen molar-refractivity contribution in [2.45, 2.75) is 24.1 Å². The van der Waals surface area contributed by atoms with Crippen LogP contribution in [0.25, 0.3) is 10.6 Å². The third-order valence-electron chi connectivity index (χ3n) is 5.38. The van der Waals surface area contributed by atoms with Crippen LogP contribution in [0.3, 0.4) is 0 Å². The Morgan fingerprint density at radius 2 is 1.78 bits per heavy atom. The number of benzene rings is 3. The van der Waals surface area contributed by atoms with E-state index in [-0.39, 0.29) is 0 Å². The molecule has 0 saturated heterocycles. The molecule has 6 nitrogen and oxygen atoms in total. The number of hydrogen-bond donors (Lipinski definition) is 0. The quantitative estimate of drug-likeness (QED) is 0.180. The zero-order valence-electron chi connectivity index (χ0n) is 19.5. The molecule has 5 aromatic rings. The second-order valence-electron chi connectivity index (χ2n) is 7.88. The number of halogens is 1. The van der Waals surface area contributed by atoms with Crippen molar-refractivity contribution in [1.82, 2.24) is 19.7 Å². The van der Waals surface area contributed by atoms with Crippen LogP contribution in [0.15, 0.2) is 89.4 Å². The van der Waals surface area contributed by atoms with Crippen LogP contribution in [0.1, 0.15) is 17.1 Å². The summed E-state index contributed by atoms with van der Waals surface area (Å²) in [6, 6.07) is 25.5. The van der Waals surface area contributed by atoms with Gasteiger partial charge in [0.2, 0.25) is 0 Å². The van der Waals surface area contributed by atoms with Crippen molar-refractivity contribution in [3.05, 3.63) is 106 Å². The van der Waals surface area contributed by atoms with E-state index < -0.39 is 0 Å². The fourth-order valence-corrected chi connectivity index (χ4v) is 5.43. The molecule has 0 atom stereocenters. The minimum absolute atomic E-state index is 0.304. The lowest BCUT2D eigenvalue weighted by Gasteiger charge is -2.11. The second-order valence-corrected chi connectivity index (χ2v) is 10.1. The lowest BCUT2D eigenvalue weighted by atomic mass is 10.2. The Kier molecular flexibility index (Phi) is 7.85. The van der Waals surface area contributed by atoms with Gasteiger partial charge in [-0.15, -0.1) is 21.5 Å². The van der Waals surface area contributed by atoms with Crippen LogP contribution >= 0.6 is 34.7 Å². The molecule has 2 aromatic heterocycles. The molecule has 0 fully saturated rings. The van der Waals surface area contributed by atoms with E-state index in [0.717, 1.165) is 38.7 Å². The number of ether oxygens (including phenoxy) is 2. The number of rotatable bonds is 10. The summed E-state index contributed by atoms with van der Waals surface area (Å²) in [6.45, 7) is 0.959. The summed E-state index contributed by atoms with van der Waals surface area (Å²) >= 11 is 9.23. The molecular formula is C27H23ClN4O2S2. The van der Waals surface area contributed by atoms with Gasteiger partial charge in [0, 0.05) is 21.7 Å². The van der Waals surface area contributed by atoms with Gasteiger partial charge in [-0.05, 0) is 42.0 Å². The maximum absolute atomic E-state index is 5.99. The van der Waals surface area contributed by atoms with Crippen molar-refractivity contribution in [3.63, 3.8) is 0 Å². The van der Waals surface area contributed by atoms with Crippen molar-refractivity contribution in [2.75, 3.05) is 7.11 Å². The van der Waals surface area contributed by atoms with E-state index in [4.69, 9.17) is 26.1 Å². The minimum Gasteiger partial charge on any atom is -0.497 e. The molecule has 5 rings (SSSR count). The van der Waals surface area contributed by atoms with Gasteiger partial charge in [-0.25, -0.2) is 4.98 Å². The summed E-state index contributed by atoms with van der Waals surface area (Å²) in [6.07, 6.45) is 0. The highest BCUT2D eigenvalue weighted by Crippen LogP contribution is 2.30. The van der Waals surface area contributed by atoms with Crippen molar-refractivity contribution in [1.29, 1.82) is 0 Å². The summed E-state index contributed by atoms with van der Waals surface area (Å²) in [5.74, 6) is 2.99. The molecule has 9 heteroatoms. The molecule has 0 aliphatic rings. The Labute approximate surface area is 222 Å². The van der Waals surface area contributed by atoms with Crippen LogP contribution in [0.2, 0.25) is 5.02 Å².